The van der Waals surface area contributed by atoms with Crippen LogP contribution in [0.4, 0.5) is 0 Å². The van der Waals surface area contributed by atoms with Crippen LogP contribution in [0.3, 0.4) is 0 Å². The molecule has 0 N–H and O–H groups in total. The molecule has 0 atom stereocenters. The number of hydrogen-bond acceptors (Lipinski definition) is 3. The number of halogens is 5. The van der Waals surface area contributed by atoms with Crippen molar-refractivity contribution in [2.45, 2.75) is 46.6 Å². The minimum atomic E-state index is -3.50. The second-order valence-corrected chi connectivity index (χ2v) is 11.8. The number of alkyl halides is 5. The Morgan fingerprint density at radius 3 is 2.21 bits per heavy atom. The van der Waals surface area contributed by atoms with Crippen molar-refractivity contribution in [3.63, 3.8) is 0 Å². The molecule has 0 aromatic heterocycles. The molecule has 0 aromatic rings. The molecule has 0 saturated heterocycles. The summed E-state index contributed by atoms with van der Waals surface area (Å²) in [6, 6.07) is -0.120. The van der Waals surface area contributed by atoms with Gasteiger partial charge in [0, 0.05) is 6.04 Å². The zero-order valence-electron chi connectivity index (χ0n) is 9.87. The van der Waals surface area contributed by atoms with Crippen molar-refractivity contribution in [1.82, 2.24) is 3.71 Å². The predicted molar refractivity (Wildman–Crippen MR) is 88.9 cm³/mol. The fraction of sp³-hybridized carbons (Fsp3) is 1.00. The Balaban J connectivity index is 2.93. The quantitative estimate of drug-likeness (QED) is 0.424. The first-order valence-electron chi connectivity index (χ1n) is 5.64. The van der Waals surface area contributed by atoms with Gasteiger partial charge in [-0.05, 0) is 24.8 Å². The van der Waals surface area contributed by atoms with Crippen molar-refractivity contribution < 1.29 is 8.42 Å². The van der Waals surface area contributed by atoms with Crippen LogP contribution in [0.1, 0.15) is 32.1 Å². The molecule has 0 aliphatic heterocycles. The molecule has 1 aliphatic carbocycles. The first-order valence-corrected chi connectivity index (χ1v) is 10.8. The lowest BCUT2D eigenvalue weighted by Gasteiger charge is -2.35. The van der Waals surface area contributed by atoms with E-state index in [1.807, 2.05) is 0 Å². The van der Waals surface area contributed by atoms with E-state index in [0.717, 1.165) is 44.1 Å². The maximum Gasteiger partial charge on any atom is 0.233 e. The van der Waals surface area contributed by atoms with Crippen LogP contribution in [0.5, 0.6) is 0 Å². The topological polar surface area (TPSA) is 37.4 Å². The van der Waals surface area contributed by atoms with Crippen molar-refractivity contribution in [3.8, 4) is 0 Å². The maximum absolute atomic E-state index is 12.2. The van der Waals surface area contributed by atoms with Gasteiger partial charge in [0.15, 0.2) is 4.84 Å². The van der Waals surface area contributed by atoms with Gasteiger partial charge in [-0.1, -0.05) is 58.4 Å². The monoisotopic (exact) mass is 451 g/mol. The molecule has 0 amide bonds. The average Bonchev–Trinajstić information content (AvgIpc) is 2.36. The van der Waals surface area contributed by atoms with Crippen LogP contribution in [-0.2, 0) is 10.0 Å². The van der Waals surface area contributed by atoms with Crippen LogP contribution in [0, 0.1) is 0 Å². The van der Waals surface area contributed by atoms with E-state index in [1.54, 1.807) is 0 Å². The Labute approximate surface area is 147 Å². The number of nitrogens with zero attached hydrogens (tertiary/aromatic N) is 1. The van der Waals surface area contributed by atoms with E-state index >= 15 is 0 Å². The molecule has 10 heteroatoms. The van der Waals surface area contributed by atoms with Crippen LogP contribution in [0.25, 0.3) is 0 Å². The Kier molecular flexibility index (Phi) is 7.93. The standard InChI is InChI=1S/C9H14BrCl4NO2S2/c10-6-19(16,17)15(7-4-2-1-3-5-7)18-9(13,14)8(11)12/h7-8H,1-6H2. The fourth-order valence-corrected chi connectivity index (χ4v) is 6.26. The lowest BCUT2D eigenvalue weighted by atomic mass is 9.96. The molecule has 0 aromatic carbocycles. The summed E-state index contributed by atoms with van der Waals surface area (Å²) in [5.41, 5.74) is 0. The van der Waals surface area contributed by atoms with E-state index in [1.165, 1.54) is 3.71 Å². The van der Waals surface area contributed by atoms with Crippen LogP contribution in [0.15, 0.2) is 0 Å². The summed E-state index contributed by atoms with van der Waals surface area (Å²) in [7, 11) is -3.50. The molecule has 0 radical (unpaired) electrons. The highest BCUT2D eigenvalue weighted by Gasteiger charge is 2.42. The van der Waals surface area contributed by atoms with E-state index in [4.69, 9.17) is 46.4 Å². The molecule has 19 heavy (non-hydrogen) atoms. The predicted octanol–water partition coefficient (Wildman–Crippen LogP) is 4.89. The normalized spacial score (nSPS) is 19.3. The molecular formula is C9H14BrCl4NO2S2. The third kappa shape index (κ3) is 5.55. The molecule has 1 saturated carbocycles. The highest BCUT2D eigenvalue weighted by Crippen LogP contribution is 2.47. The highest BCUT2D eigenvalue weighted by atomic mass is 79.9. The third-order valence-electron chi connectivity index (χ3n) is 2.75. The van der Waals surface area contributed by atoms with Crippen molar-refractivity contribution in [1.29, 1.82) is 0 Å². The van der Waals surface area contributed by atoms with Gasteiger partial charge in [0.2, 0.25) is 13.7 Å². The maximum atomic E-state index is 12.2. The lowest BCUT2D eigenvalue weighted by Crippen LogP contribution is -2.40. The molecule has 1 rings (SSSR count). The summed E-state index contributed by atoms with van der Waals surface area (Å²) in [6.45, 7) is 0. The van der Waals surface area contributed by atoms with Crippen LogP contribution < -0.4 is 0 Å². The SMILES string of the molecule is O=S(=O)(CBr)N(SC(Cl)(Cl)C(Cl)Cl)C1CCCCC1. The molecule has 1 aliphatic rings. The summed E-state index contributed by atoms with van der Waals surface area (Å²) in [5.74, 6) is 0. The van der Waals surface area contributed by atoms with Crippen LogP contribution >= 0.6 is 74.3 Å². The summed E-state index contributed by atoms with van der Waals surface area (Å²) < 4.78 is 23.8. The molecule has 3 nitrogen and oxygen atoms in total. The Hall–Kier alpha value is 1.90. The van der Waals surface area contributed by atoms with Gasteiger partial charge in [0.05, 0.1) is 0 Å². The number of hydrogen-bond donors (Lipinski definition) is 0. The van der Waals surface area contributed by atoms with E-state index in [0.29, 0.717) is 0 Å². The molecule has 1 fully saturated rings. The van der Waals surface area contributed by atoms with Gasteiger partial charge < -0.3 is 0 Å². The van der Waals surface area contributed by atoms with Gasteiger partial charge in [0.1, 0.15) is 4.66 Å². The molecule has 0 spiro atoms. The van der Waals surface area contributed by atoms with Gasteiger partial charge in [-0.15, -0.1) is 26.9 Å². The smallest absolute Gasteiger partial charge is 0.210 e. The van der Waals surface area contributed by atoms with Crippen molar-refractivity contribution >= 4 is 84.3 Å². The molecule has 114 valence electrons. The van der Waals surface area contributed by atoms with Gasteiger partial charge in [0.25, 0.3) is 0 Å². The van der Waals surface area contributed by atoms with Crippen LogP contribution in [0.2, 0.25) is 0 Å². The van der Waals surface area contributed by atoms with E-state index in [2.05, 4.69) is 15.9 Å². The van der Waals surface area contributed by atoms with Crippen molar-refractivity contribution in [3.05, 3.63) is 0 Å². The summed E-state index contributed by atoms with van der Waals surface area (Å²) in [6.07, 6.45) is 4.67. The first kappa shape index (κ1) is 18.9. The minimum Gasteiger partial charge on any atom is -0.210 e. The van der Waals surface area contributed by atoms with E-state index < -0.39 is 18.5 Å². The van der Waals surface area contributed by atoms with Crippen molar-refractivity contribution in [2.75, 3.05) is 4.66 Å². The molecular weight excluding hydrogens is 440 g/mol. The molecule has 0 unspecified atom stereocenters. The Bertz CT molecular complexity index is 388. The zero-order valence-corrected chi connectivity index (χ0v) is 16.1. The second kappa shape index (κ2) is 7.95. The summed E-state index contributed by atoms with van der Waals surface area (Å²) in [4.78, 5) is -1.10. The second-order valence-electron chi connectivity index (χ2n) is 4.22. The molecule has 0 bridgehead atoms. The third-order valence-corrected chi connectivity index (χ3v) is 9.68. The minimum absolute atomic E-state index is 0.120. The lowest BCUT2D eigenvalue weighted by molar-refractivity contribution is 0.346. The zero-order chi connectivity index (χ0) is 14.7. The summed E-state index contributed by atoms with van der Waals surface area (Å²) >= 11 is 27.1. The fourth-order valence-electron chi connectivity index (χ4n) is 1.86. The van der Waals surface area contributed by atoms with Crippen molar-refractivity contribution in [2.24, 2.45) is 0 Å². The largest absolute Gasteiger partial charge is 0.233 e. The summed E-state index contributed by atoms with van der Waals surface area (Å²) in [5, 5.41) is 0. The number of rotatable bonds is 6. The Morgan fingerprint density at radius 2 is 1.79 bits per heavy atom. The Morgan fingerprint density at radius 1 is 1.26 bits per heavy atom. The van der Waals surface area contributed by atoms with E-state index in [-0.39, 0.29) is 10.7 Å². The highest BCUT2D eigenvalue weighted by molar-refractivity contribution is 9.10. The molecule has 0 heterocycles. The number of sulfonamides is 1. The average molecular weight is 454 g/mol. The van der Waals surface area contributed by atoms with E-state index in [9.17, 15) is 8.42 Å². The van der Waals surface area contributed by atoms with Gasteiger partial charge in [-0.3, -0.25) is 0 Å². The van der Waals surface area contributed by atoms with Gasteiger partial charge in [-0.2, -0.15) is 0 Å². The van der Waals surface area contributed by atoms with Crippen LogP contribution in [-0.4, -0.2) is 31.3 Å². The van der Waals surface area contributed by atoms with Gasteiger partial charge in [-0.25, -0.2) is 8.42 Å². The first-order chi connectivity index (χ1) is 8.70. The van der Waals surface area contributed by atoms with Gasteiger partial charge >= 0.3 is 0 Å².